The van der Waals surface area contributed by atoms with Gasteiger partial charge in [-0.1, -0.05) is 29.3 Å². The van der Waals surface area contributed by atoms with Crippen molar-refractivity contribution in [2.24, 2.45) is 0 Å². The molecule has 0 aliphatic carbocycles. The van der Waals surface area contributed by atoms with Gasteiger partial charge in [-0.15, -0.1) is 0 Å². The molecule has 1 atom stereocenters. The topological polar surface area (TPSA) is 70.1 Å². The second-order valence-electron chi connectivity index (χ2n) is 7.65. The number of likely N-dealkylation sites (tertiary alicyclic amines) is 1. The number of halogens is 2. The van der Waals surface area contributed by atoms with Crippen LogP contribution < -0.4 is 4.74 Å². The van der Waals surface area contributed by atoms with E-state index >= 15 is 0 Å². The Labute approximate surface area is 191 Å². The van der Waals surface area contributed by atoms with Crippen molar-refractivity contribution in [3.63, 3.8) is 0 Å². The van der Waals surface area contributed by atoms with Gasteiger partial charge in [-0.2, -0.15) is 0 Å². The Balaban J connectivity index is 2.19. The lowest BCUT2D eigenvalue weighted by atomic mass is 9.94. The van der Waals surface area contributed by atoms with E-state index in [2.05, 4.69) is 0 Å². The molecule has 0 saturated carbocycles. The van der Waals surface area contributed by atoms with Crippen LogP contribution in [0.1, 0.15) is 22.7 Å². The van der Waals surface area contributed by atoms with Gasteiger partial charge in [0.1, 0.15) is 11.5 Å². The fourth-order valence-electron chi connectivity index (χ4n) is 3.62. The van der Waals surface area contributed by atoms with Crippen molar-refractivity contribution in [3.05, 3.63) is 68.7 Å². The number of Topliss-reactive ketones (excluding diaryl/α,β-unsaturated/α-hetero) is 1. The molecule has 164 valence electrons. The molecule has 8 heteroatoms. The highest BCUT2D eigenvalue weighted by atomic mass is 35.5. The van der Waals surface area contributed by atoms with Gasteiger partial charge in [0.15, 0.2) is 0 Å². The highest BCUT2D eigenvalue weighted by Gasteiger charge is 2.46. The SMILES string of the molecule is COc1ccc(C(O)=C2C(=O)C(=O)N(CCN(C)C)[C@@H]2c2ccc(Cl)c(Cl)c2)c(C)c1. The predicted octanol–water partition coefficient (Wildman–Crippen LogP) is 4.29. The minimum Gasteiger partial charge on any atom is -0.507 e. The third kappa shape index (κ3) is 4.56. The molecule has 2 aromatic carbocycles. The van der Waals surface area contributed by atoms with Crippen molar-refractivity contribution >= 4 is 40.7 Å². The van der Waals surface area contributed by atoms with E-state index in [-0.39, 0.29) is 11.3 Å². The van der Waals surface area contributed by atoms with E-state index in [9.17, 15) is 14.7 Å². The lowest BCUT2D eigenvalue weighted by Gasteiger charge is -2.27. The molecular formula is C23H24Cl2N2O4. The van der Waals surface area contributed by atoms with E-state index in [4.69, 9.17) is 27.9 Å². The number of nitrogens with zero attached hydrogens (tertiary/aromatic N) is 2. The summed E-state index contributed by atoms with van der Waals surface area (Å²) in [5.41, 5.74) is 1.79. The van der Waals surface area contributed by atoms with Crippen molar-refractivity contribution in [2.75, 3.05) is 34.3 Å². The number of hydrogen-bond donors (Lipinski definition) is 1. The summed E-state index contributed by atoms with van der Waals surface area (Å²) < 4.78 is 5.22. The van der Waals surface area contributed by atoms with Crippen molar-refractivity contribution in [3.8, 4) is 5.75 Å². The number of rotatable bonds is 6. The monoisotopic (exact) mass is 462 g/mol. The molecule has 0 radical (unpaired) electrons. The number of carbonyl (C=O) groups is 2. The number of likely N-dealkylation sites (N-methyl/N-ethyl adjacent to an activating group) is 1. The molecule has 31 heavy (non-hydrogen) atoms. The largest absolute Gasteiger partial charge is 0.507 e. The van der Waals surface area contributed by atoms with Crippen LogP contribution in [0.15, 0.2) is 42.0 Å². The minimum absolute atomic E-state index is 0.0235. The summed E-state index contributed by atoms with van der Waals surface area (Å²) in [7, 11) is 5.31. The maximum atomic E-state index is 13.0. The average molecular weight is 463 g/mol. The Morgan fingerprint density at radius 2 is 1.84 bits per heavy atom. The van der Waals surface area contributed by atoms with Gasteiger partial charge in [-0.3, -0.25) is 9.59 Å². The van der Waals surface area contributed by atoms with Crippen LogP contribution in [-0.2, 0) is 9.59 Å². The van der Waals surface area contributed by atoms with Gasteiger partial charge in [0.05, 0.1) is 28.8 Å². The summed E-state index contributed by atoms with van der Waals surface area (Å²) in [5.74, 6) is -1.00. The van der Waals surface area contributed by atoms with Crippen LogP contribution in [0, 0.1) is 6.92 Å². The molecule has 1 aliphatic heterocycles. The van der Waals surface area contributed by atoms with Crippen LogP contribution in [0.4, 0.5) is 0 Å². The first kappa shape index (κ1) is 23.1. The van der Waals surface area contributed by atoms with E-state index in [0.29, 0.717) is 45.6 Å². The van der Waals surface area contributed by atoms with Crippen LogP contribution >= 0.6 is 23.2 Å². The average Bonchev–Trinajstić information content (AvgIpc) is 2.98. The number of aryl methyl sites for hydroxylation is 1. The molecule has 1 heterocycles. The normalized spacial score (nSPS) is 18.2. The number of aliphatic hydroxyl groups is 1. The molecule has 0 aromatic heterocycles. The Morgan fingerprint density at radius 1 is 1.13 bits per heavy atom. The van der Waals surface area contributed by atoms with Crippen LogP contribution in [0.3, 0.4) is 0 Å². The molecule has 2 aromatic rings. The van der Waals surface area contributed by atoms with Crippen LogP contribution in [0.5, 0.6) is 5.75 Å². The van der Waals surface area contributed by atoms with Crippen molar-refractivity contribution in [1.82, 2.24) is 9.80 Å². The Bertz CT molecular complexity index is 1070. The number of methoxy groups -OCH3 is 1. The zero-order valence-electron chi connectivity index (χ0n) is 17.8. The van der Waals surface area contributed by atoms with Crippen LogP contribution in [0.25, 0.3) is 5.76 Å². The van der Waals surface area contributed by atoms with E-state index in [1.54, 1.807) is 50.4 Å². The zero-order chi connectivity index (χ0) is 22.9. The summed E-state index contributed by atoms with van der Waals surface area (Å²) in [6.45, 7) is 2.65. The highest BCUT2D eigenvalue weighted by molar-refractivity contribution is 6.47. The highest BCUT2D eigenvalue weighted by Crippen LogP contribution is 2.41. The van der Waals surface area contributed by atoms with Crippen LogP contribution in [0.2, 0.25) is 10.0 Å². The number of carbonyl (C=O) groups excluding carboxylic acids is 2. The van der Waals surface area contributed by atoms with E-state index in [1.165, 1.54) is 4.90 Å². The lowest BCUT2D eigenvalue weighted by Crippen LogP contribution is -2.35. The summed E-state index contributed by atoms with van der Waals surface area (Å²) in [5, 5.41) is 11.8. The van der Waals surface area contributed by atoms with Gasteiger partial charge >= 0.3 is 0 Å². The smallest absolute Gasteiger partial charge is 0.295 e. The molecule has 6 nitrogen and oxygen atoms in total. The van der Waals surface area contributed by atoms with Gasteiger partial charge in [0.25, 0.3) is 11.7 Å². The summed E-state index contributed by atoms with van der Waals surface area (Å²) >= 11 is 12.3. The van der Waals surface area contributed by atoms with Crippen molar-refractivity contribution in [1.29, 1.82) is 0 Å². The predicted molar refractivity (Wildman–Crippen MR) is 122 cm³/mol. The molecular weight excluding hydrogens is 439 g/mol. The standard InChI is InChI=1S/C23H24Cl2N2O4/c1-13-11-15(31-4)6-7-16(13)21(28)19-20(14-5-8-17(24)18(25)12-14)27(10-9-26(2)3)23(30)22(19)29/h5-8,11-12,20,28H,9-10H2,1-4H3/t20-/m1/s1. The fraction of sp³-hybridized carbons (Fsp3) is 0.304. The molecule has 1 aliphatic rings. The molecule has 1 amide bonds. The maximum absolute atomic E-state index is 13.0. The fourth-order valence-corrected chi connectivity index (χ4v) is 3.93. The first-order chi connectivity index (χ1) is 14.6. The van der Waals surface area contributed by atoms with Gasteiger partial charge in [-0.25, -0.2) is 0 Å². The third-order valence-corrected chi connectivity index (χ3v) is 6.02. The van der Waals surface area contributed by atoms with Crippen LogP contribution in [-0.4, -0.2) is 60.9 Å². The van der Waals surface area contributed by atoms with E-state index in [0.717, 1.165) is 0 Å². The number of benzene rings is 2. The zero-order valence-corrected chi connectivity index (χ0v) is 19.3. The Kier molecular flexibility index (Phi) is 6.94. The second-order valence-corrected chi connectivity index (χ2v) is 8.46. The van der Waals surface area contributed by atoms with Gasteiger partial charge in [-0.05, 0) is 62.5 Å². The van der Waals surface area contributed by atoms with Gasteiger partial charge in [0.2, 0.25) is 0 Å². The molecule has 0 spiro atoms. The van der Waals surface area contributed by atoms with Gasteiger partial charge in [0, 0.05) is 18.7 Å². The van der Waals surface area contributed by atoms with Crippen molar-refractivity contribution < 1.29 is 19.4 Å². The molecule has 0 bridgehead atoms. The number of aliphatic hydroxyl groups excluding tert-OH is 1. The number of amides is 1. The first-order valence-electron chi connectivity index (χ1n) is 9.68. The molecule has 3 rings (SSSR count). The summed E-state index contributed by atoms with van der Waals surface area (Å²) in [6.07, 6.45) is 0. The Morgan fingerprint density at radius 3 is 2.42 bits per heavy atom. The second kappa shape index (κ2) is 9.30. The molecule has 1 fully saturated rings. The Hall–Kier alpha value is -2.54. The van der Waals surface area contributed by atoms with Gasteiger partial charge < -0.3 is 19.6 Å². The maximum Gasteiger partial charge on any atom is 0.295 e. The first-order valence-corrected chi connectivity index (χ1v) is 10.4. The number of ketones is 1. The number of hydrogen-bond acceptors (Lipinski definition) is 5. The summed E-state index contributed by atoms with van der Waals surface area (Å²) in [4.78, 5) is 29.3. The minimum atomic E-state index is -0.781. The lowest BCUT2D eigenvalue weighted by molar-refractivity contribution is -0.140. The molecule has 1 saturated heterocycles. The van der Waals surface area contributed by atoms with E-state index < -0.39 is 17.7 Å². The third-order valence-electron chi connectivity index (χ3n) is 5.28. The van der Waals surface area contributed by atoms with Crippen molar-refractivity contribution in [2.45, 2.75) is 13.0 Å². The molecule has 0 unspecified atom stereocenters. The number of ether oxygens (including phenoxy) is 1. The molecule has 1 N–H and O–H groups in total. The van der Waals surface area contributed by atoms with E-state index in [1.807, 2.05) is 19.0 Å². The summed E-state index contributed by atoms with van der Waals surface area (Å²) in [6, 6.07) is 9.28. The quantitative estimate of drug-likeness (QED) is 0.393.